The number of anilines is 2. The summed E-state index contributed by atoms with van der Waals surface area (Å²) in [6.45, 7) is 0.226. The van der Waals surface area contributed by atoms with E-state index < -0.39 is 10.5 Å². The van der Waals surface area contributed by atoms with E-state index in [9.17, 15) is 15.2 Å². The molecule has 0 saturated heterocycles. The number of nitro groups is 1. The van der Waals surface area contributed by atoms with Crippen molar-refractivity contribution in [3.05, 3.63) is 16.3 Å². The molecule has 0 aromatic carbocycles. The van der Waals surface area contributed by atoms with Crippen LogP contribution in [-0.2, 0) is 0 Å². The molecule has 104 valence electrons. The zero-order valence-electron chi connectivity index (χ0n) is 10.5. The van der Waals surface area contributed by atoms with Crippen LogP contribution >= 0.6 is 0 Å². The molecular formula is C11H17N5O3. The molecule has 1 aliphatic carbocycles. The Morgan fingerprint density at radius 3 is 2.79 bits per heavy atom. The summed E-state index contributed by atoms with van der Waals surface area (Å²) >= 11 is 0. The van der Waals surface area contributed by atoms with Crippen LogP contribution in [0.3, 0.4) is 0 Å². The molecule has 19 heavy (non-hydrogen) atoms. The molecule has 0 amide bonds. The van der Waals surface area contributed by atoms with Crippen molar-refractivity contribution in [2.75, 3.05) is 17.6 Å². The smallest absolute Gasteiger partial charge is 0.329 e. The number of nitrogens with two attached hydrogens (primary N) is 1. The van der Waals surface area contributed by atoms with E-state index in [1.54, 1.807) is 0 Å². The monoisotopic (exact) mass is 267 g/mol. The zero-order valence-corrected chi connectivity index (χ0v) is 10.5. The summed E-state index contributed by atoms with van der Waals surface area (Å²) in [5.41, 5.74) is 4.35. The maximum Gasteiger partial charge on any atom is 0.329 e. The Kier molecular flexibility index (Phi) is 3.79. The van der Waals surface area contributed by atoms with Gasteiger partial charge in [-0.2, -0.15) is 4.98 Å². The number of hydrogen-bond donors (Lipinski definition) is 3. The highest BCUT2D eigenvalue weighted by Gasteiger charge is 2.30. The Balaban J connectivity index is 2.10. The Morgan fingerprint density at radius 1 is 1.47 bits per heavy atom. The van der Waals surface area contributed by atoms with Crippen LogP contribution in [-0.4, -0.2) is 32.1 Å². The summed E-state index contributed by atoms with van der Waals surface area (Å²) in [5.74, 6) is 0.0141. The minimum atomic E-state index is -0.828. The summed E-state index contributed by atoms with van der Waals surface area (Å²) in [5, 5.41) is 24.0. The molecule has 4 N–H and O–H groups in total. The lowest BCUT2D eigenvalue weighted by Crippen LogP contribution is -2.39. The second-order valence-corrected chi connectivity index (χ2v) is 4.86. The molecule has 0 atom stereocenters. The van der Waals surface area contributed by atoms with Gasteiger partial charge in [-0.15, -0.1) is 0 Å². The number of aromatic nitrogens is 2. The molecule has 1 heterocycles. The van der Waals surface area contributed by atoms with Crippen molar-refractivity contribution in [3.8, 4) is 0 Å². The van der Waals surface area contributed by atoms with Crippen molar-refractivity contribution in [1.29, 1.82) is 0 Å². The molecule has 8 heteroatoms. The van der Waals surface area contributed by atoms with E-state index in [-0.39, 0.29) is 24.0 Å². The summed E-state index contributed by atoms with van der Waals surface area (Å²) in [6.07, 6.45) is 5.49. The minimum Gasteiger partial charge on any atom is -0.388 e. The van der Waals surface area contributed by atoms with E-state index in [1.807, 2.05) is 0 Å². The van der Waals surface area contributed by atoms with Crippen LogP contribution in [0.5, 0.6) is 0 Å². The topological polar surface area (TPSA) is 127 Å². The molecule has 0 unspecified atom stereocenters. The Bertz CT molecular complexity index is 473. The van der Waals surface area contributed by atoms with E-state index >= 15 is 0 Å². The second-order valence-electron chi connectivity index (χ2n) is 4.86. The molecule has 8 nitrogen and oxygen atoms in total. The van der Waals surface area contributed by atoms with E-state index in [2.05, 4.69) is 15.3 Å². The van der Waals surface area contributed by atoms with E-state index in [0.717, 1.165) is 25.5 Å². The zero-order chi connectivity index (χ0) is 13.9. The van der Waals surface area contributed by atoms with Gasteiger partial charge in [0.15, 0.2) is 0 Å². The quantitative estimate of drug-likeness (QED) is 0.550. The van der Waals surface area contributed by atoms with Gasteiger partial charge in [0.05, 0.1) is 10.5 Å². The highest BCUT2D eigenvalue weighted by molar-refractivity contribution is 5.56. The van der Waals surface area contributed by atoms with Crippen molar-refractivity contribution in [3.63, 3.8) is 0 Å². The molecule has 1 aromatic rings. The fraction of sp³-hybridized carbons (Fsp3) is 0.636. The van der Waals surface area contributed by atoms with Crippen molar-refractivity contribution in [2.45, 2.75) is 37.7 Å². The van der Waals surface area contributed by atoms with Gasteiger partial charge in [-0.05, 0) is 12.8 Å². The van der Waals surface area contributed by atoms with Gasteiger partial charge < -0.3 is 16.2 Å². The van der Waals surface area contributed by atoms with Crippen LogP contribution in [0.4, 0.5) is 17.5 Å². The van der Waals surface area contributed by atoms with Crippen molar-refractivity contribution < 1.29 is 10.0 Å². The fourth-order valence-corrected chi connectivity index (χ4v) is 2.29. The fourth-order valence-electron chi connectivity index (χ4n) is 2.29. The average molecular weight is 267 g/mol. The largest absolute Gasteiger partial charge is 0.388 e. The van der Waals surface area contributed by atoms with Gasteiger partial charge in [-0.1, -0.05) is 19.3 Å². The average Bonchev–Trinajstić information content (AvgIpc) is 2.37. The number of nitrogens with one attached hydrogen (secondary N) is 1. The summed E-state index contributed by atoms with van der Waals surface area (Å²) in [6, 6.07) is 0. The normalized spacial score (nSPS) is 17.9. The lowest BCUT2D eigenvalue weighted by molar-refractivity contribution is -0.384. The van der Waals surface area contributed by atoms with Crippen molar-refractivity contribution in [2.24, 2.45) is 0 Å². The van der Waals surface area contributed by atoms with E-state index in [0.29, 0.717) is 12.8 Å². The van der Waals surface area contributed by atoms with Gasteiger partial charge in [-0.25, -0.2) is 4.98 Å². The van der Waals surface area contributed by atoms with Crippen molar-refractivity contribution >= 4 is 17.5 Å². The molecule has 2 rings (SSSR count). The van der Waals surface area contributed by atoms with Gasteiger partial charge in [-0.3, -0.25) is 10.1 Å². The second kappa shape index (κ2) is 5.35. The Morgan fingerprint density at radius 2 is 2.16 bits per heavy atom. The molecule has 1 fully saturated rings. The number of nitrogen functional groups attached to an aromatic ring is 1. The van der Waals surface area contributed by atoms with Crippen LogP contribution in [0.25, 0.3) is 0 Å². The predicted molar refractivity (Wildman–Crippen MR) is 69.6 cm³/mol. The number of aliphatic hydroxyl groups is 1. The highest BCUT2D eigenvalue weighted by Crippen LogP contribution is 2.29. The maximum absolute atomic E-state index is 10.8. The summed E-state index contributed by atoms with van der Waals surface area (Å²) in [7, 11) is 0. The van der Waals surface area contributed by atoms with Crippen LogP contribution in [0, 0.1) is 10.1 Å². The van der Waals surface area contributed by atoms with Crippen LogP contribution in [0.15, 0.2) is 6.20 Å². The summed E-state index contributed by atoms with van der Waals surface area (Å²) in [4.78, 5) is 17.7. The van der Waals surface area contributed by atoms with Gasteiger partial charge in [0, 0.05) is 6.54 Å². The third kappa shape index (κ3) is 3.28. The van der Waals surface area contributed by atoms with Gasteiger partial charge in [0.2, 0.25) is 11.8 Å². The molecule has 1 aliphatic rings. The number of hydrogen-bond acceptors (Lipinski definition) is 7. The van der Waals surface area contributed by atoms with Crippen molar-refractivity contribution in [1.82, 2.24) is 9.97 Å². The van der Waals surface area contributed by atoms with Crippen LogP contribution < -0.4 is 11.1 Å². The van der Waals surface area contributed by atoms with Gasteiger partial charge in [0.1, 0.15) is 6.20 Å². The lowest BCUT2D eigenvalue weighted by Gasteiger charge is -2.32. The standard InChI is InChI=1S/C11H17N5O3/c12-10-13-6-8(16(18)19)9(15-10)14-7-11(17)4-2-1-3-5-11/h6,17H,1-5,7H2,(H3,12,13,14,15). The molecule has 0 spiro atoms. The molecule has 0 aliphatic heterocycles. The first kappa shape index (κ1) is 13.5. The first-order valence-electron chi connectivity index (χ1n) is 6.23. The molecular weight excluding hydrogens is 250 g/mol. The third-order valence-electron chi connectivity index (χ3n) is 3.35. The minimum absolute atomic E-state index is 0.0382. The number of rotatable bonds is 4. The maximum atomic E-state index is 10.8. The SMILES string of the molecule is Nc1ncc([N+](=O)[O-])c(NCC2(O)CCCCC2)n1. The Hall–Kier alpha value is -1.96. The van der Waals surface area contributed by atoms with Gasteiger partial charge >= 0.3 is 5.69 Å². The predicted octanol–water partition coefficient (Wildman–Crippen LogP) is 1.07. The van der Waals surface area contributed by atoms with Gasteiger partial charge in [0.25, 0.3) is 0 Å². The molecule has 0 radical (unpaired) electrons. The van der Waals surface area contributed by atoms with E-state index in [1.165, 1.54) is 0 Å². The summed E-state index contributed by atoms with van der Waals surface area (Å²) < 4.78 is 0. The van der Waals surface area contributed by atoms with E-state index in [4.69, 9.17) is 5.73 Å². The first-order valence-corrected chi connectivity index (χ1v) is 6.23. The highest BCUT2D eigenvalue weighted by atomic mass is 16.6. The molecule has 1 aromatic heterocycles. The molecule has 0 bridgehead atoms. The van der Waals surface area contributed by atoms with Crippen LogP contribution in [0.1, 0.15) is 32.1 Å². The molecule has 1 saturated carbocycles. The Labute approximate surface area is 110 Å². The first-order chi connectivity index (χ1) is 9.00. The number of nitrogens with zero attached hydrogens (tertiary/aromatic N) is 3. The third-order valence-corrected chi connectivity index (χ3v) is 3.35. The lowest BCUT2D eigenvalue weighted by atomic mass is 9.85. The van der Waals surface area contributed by atoms with Crippen LogP contribution in [0.2, 0.25) is 0 Å².